The summed E-state index contributed by atoms with van der Waals surface area (Å²) in [7, 11) is 0. The Balaban J connectivity index is 4.41. The molecule has 0 aromatic heterocycles. The molecule has 6 heteroatoms. The fourth-order valence-electron chi connectivity index (χ4n) is 6.85. The monoisotopic (exact) mass is 927 g/mol. The highest BCUT2D eigenvalue weighted by Crippen LogP contribution is 2.13. The van der Waals surface area contributed by atoms with E-state index in [1.165, 1.54) is 32.1 Å². The Hall–Kier alpha value is -4.19. The first-order valence-electron chi connectivity index (χ1n) is 27.0. The van der Waals surface area contributed by atoms with Gasteiger partial charge >= 0.3 is 17.9 Å². The Morgan fingerprint density at radius 1 is 0.313 bits per heavy atom. The molecule has 0 radical (unpaired) electrons. The van der Waals surface area contributed by atoms with Crippen molar-refractivity contribution in [3.8, 4) is 0 Å². The maximum atomic E-state index is 12.8. The van der Waals surface area contributed by atoms with Gasteiger partial charge < -0.3 is 14.2 Å². The molecule has 0 N–H and O–H groups in total. The highest BCUT2D eigenvalue weighted by Gasteiger charge is 2.19. The fourth-order valence-corrected chi connectivity index (χ4v) is 6.85. The average molecular weight is 927 g/mol. The predicted molar refractivity (Wildman–Crippen MR) is 288 cm³/mol. The first kappa shape index (κ1) is 62.8. The van der Waals surface area contributed by atoms with Gasteiger partial charge in [0.1, 0.15) is 13.2 Å². The van der Waals surface area contributed by atoms with Crippen LogP contribution in [-0.4, -0.2) is 37.2 Å². The average Bonchev–Trinajstić information content (AvgIpc) is 3.33. The summed E-state index contributed by atoms with van der Waals surface area (Å²) in [6, 6.07) is 0. The molecule has 0 rings (SSSR count). The van der Waals surface area contributed by atoms with Gasteiger partial charge in [-0.2, -0.15) is 0 Å². The number of esters is 3. The van der Waals surface area contributed by atoms with Crippen molar-refractivity contribution in [1.82, 2.24) is 0 Å². The van der Waals surface area contributed by atoms with Crippen LogP contribution in [0.15, 0.2) is 122 Å². The summed E-state index contributed by atoms with van der Waals surface area (Å²) >= 11 is 0. The number of unbranched alkanes of at least 4 members (excludes halogenated alkanes) is 16. The molecule has 0 fully saturated rings. The Bertz CT molecular complexity index is 1440. The second-order valence-electron chi connectivity index (χ2n) is 17.4. The van der Waals surface area contributed by atoms with E-state index in [9.17, 15) is 14.4 Å². The van der Waals surface area contributed by atoms with Crippen LogP contribution in [0.2, 0.25) is 0 Å². The molecule has 0 saturated heterocycles. The van der Waals surface area contributed by atoms with Crippen LogP contribution in [0.3, 0.4) is 0 Å². The van der Waals surface area contributed by atoms with Gasteiger partial charge in [0, 0.05) is 19.3 Å². The van der Waals surface area contributed by atoms with E-state index in [4.69, 9.17) is 14.2 Å². The summed E-state index contributed by atoms with van der Waals surface area (Å²) in [5.41, 5.74) is 0. The van der Waals surface area contributed by atoms with Crippen molar-refractivity contribution in [1.29, 1.82) is 0 Å². The van der Waals surface area contributed by atoms with Crippen molar-refractivity contribution in [2.75, 3.05) is 13.2 Å². The quantitative estimate of drug-likeness (QED) is 0.0262. The molecule has 0 amide bonds. The summed E-state index contributed by atoms with van der Waals surface area (Å²) in [5, 5.41) is 0. The van der Waals surface area contributed by atoms with E-state index >= 15 is 0 Å². The van der Waals surface area contributed by atoms with Gasteiger partial charge in [0.25, 0.3) is 0 Å². The number of ether oxygens (including phenoxy) is 3. The molecule has 1 unspecified atom stereocenters. The van der Waals surface area contributed by atoms with Gasteiger partial charge in [0.05, 0.1) is 0 Å². The fraction of sp³-hybridized carbons (Fsp3) is 0.623. The summed E-state index contributed by atoms with van der Waals surface area (Å²) in [4.78, 5) is 38.0. The number of rotatable bonds is 47. The summed E-state index contributed by atoms with van der Waals surface area (Å²) in [6.45, 7) is 6.35. The molecule has 0 aromatic rings. The molecule has 0 aliphatic rings. The molecular formula is C61H98O6. The van der Waals surface area contributed by atoms with E-state index in [2.05, 4.69) is 142 Å². The van der Waals surface area contributed by atoms with Crippen LogP contribution in [-0.2, 0) is 28.6 Å². The van der Waals surface area contributed by atoms with Gasteiger partial charge in [0.2, 0.25) is 0 Å². The lowest BCUT2D eigenvalue weighted by molar-refractivity contribution is -0.167. The SMILES string of the molecule is CC/C=C\C/C=C\C/C=C\C/C=C\C/C=C\C/C=C\C/C=C\CCCCCC(=O)OCC(COC(=O)CCCCCCC/C=C\CCCC)OC(=O)CCCCCCC/C=C\C/C=C\CCC. The number of carbonyl (C=O) groups is 3. The zero-order chi connectivity index (χ0) is 48.6. The third-order valence-corrected chi connectivity index (χ3v) is 10.9. The largest absolute Gasteiger partial charge is 0.462 e. The van der Waals surface area contributed by atoms with E-state index in [0.29, 0.717) is 19.3 Å². The Morgan fingerprint density at radius 2 is 0.612 bits per heavy atom. The maximum absolute atomic E-state index is 12.8. The Morgan fingerprint density at radius 3 is 1.00 bits per heavy atom. The third-order valence-electron chi connectivity index (χ3n) is 10.9. The molecule has 1 atom stereocenters. The second kappa shape index (κ2) is 54.4. The highest BCUT2D eigenvalue weighted by molar-refractivity contribution is 5.71. The lowest BCUT2D eigenvalue weighted by atomic mass is 10.1. The third kappa shape index (κ3) is 52.6. The molecule has 0 aliphatic heterocycles. The molecule has 0 heterocycles. The maximum Gasteiger partial charge on any atom is 0.306 e. The van der Waals surface area contributed by atoms with Crippen LogP contribution in [0.25, 0.3) is 0 Å². The second-order valence-corrected chi connectivity index (χ2v) is 17.4. The topological polar surface area (TPSA) is 78.9 Å². The Kier molecular flexibility index (Phi) is 51.0. The molecule has 378 valence electrons. The van der Waals surface area contributed by atoms with Gasteiger partial charge in [-0.3, -0.25) is 14.4 Å². The zero-order valence-electron chi connectivity index (χ0n) is 43.1. The molecule has 0 bridgehead atoms. The van der Waals surface area contributed by atoms with Gasteiger partial charge in [0.15, 0.2) is 6.10 Å². The van der Waals surface area contributed by atoms with E-state index < -0.39 is 6.10 Å². The highest BCUT2D eigenvalue weighted by atomic mass is 16.6. The zero-order valence-corrected chi connectivity index (χ0v) is 43.1. The van der Waals surface area contributed by atoms with E-state index in [-0.39, 0.29) is 31.1 Å². The minimum absolute atomic E-state index is 0.102. The first-order valence-corrected chi connectivity index (χ1v) is 27.0. The van der Waals surface area contributed by atoms with Gasteiger partial charge in [-0.25, -0.2) is 0 Å². The molecule has 6 nitrogen and oxygen atoms in total. The lowest BCUT2D eigenvalue weighted by Gasteiger charge is -2.18. The Labute approximate surface area is 412 Å². The molecule has 67 heavy (non-hydrogen) atoms. The normalized spacial score (nSPS) is 13.1. The molecule has 0 aromatic carbocycles. The predicted octanol–water partition coefficient (Wildman–Crippen LogP) is 18.1. The van der Waals surface area contributed by atoms with Crippen molar-refractivity contribution in [2.45, 2.75) is 232 Å². The molecule has 0 saturated carbocycles. The van der Waals surface area contributed by atoms with E-state index in [1.807, 2.05) is 0 Å². The first-order chi connectivity index (χ1) is 33.0. The van der Waals surface area contributed by atoms with Gasteiger partial charge in [-0.1, -0.05) is 206 Å². The molecular weight excluding hydrogens is 829 g/mol. The van der Waals surface area contributed by atoms with Crippen LogP contribution < -0.4 is 0 Å². The molecule has 0 spiro atoms. The molecule has 0 aliphatic carbocycles. The van der Waals surface area contributed by atoms with Crippen LogP contribution in [0.5, 0.6) is 0 Å². The smallest absolute Gasteiger partial charge is 0.306 e. The minimum atomic E-state index is -0.805. The van der Waals surface area contributed by atoms with Crippen molar-refractivity contribution in [3.63, 3.8) is 0 Å². The van der Waals surface area contributed by atoms with Gasteiger partial charge in [-0.05, 0) is 122 Å². The number of hydrogen-bond acceptors (Lipinski definition) is 6. The standard InChI is InChI=1S/C61H98O6/c1-4-7-10-13-16-19-22-24-25-26-27-28-29-30-31-32-33-34-35-37-39-42-45-48-51-54-60(63)66-57-58(56-65-59(62)53-50-47-44-41-38-21-18-15-12-9-6-3)67-61(64)55-52-49-46-43-40-36-23-20-17-14-11-8-5-2/h7,10-11,14-16,18-20,23-25,27-28,30-31,33-34,37,39,58H,4-6,8-9,12-13,17,21-22,26,29,32,35-36,38,40-57H2,1-3H3/b10-7-,14-11-,18-15-,19-16-,23-20-,25-24-,28-27-,31-30-,34-33-,39-37-. The van der Waals surface area contributed by atoms with Crippen LogP contribution >= 0.6 is 0 Å². The summed E-state index contributed by atoms with van der Waals surface area (Å²) < 4.78 is 16.7. The van der Waals surface area contributed by atoms with Crippen LogP contribution in [0.1, 0.15) is 226 Å². The van der Waals surface area contributed by atoms with Crippen LogP contribution in [0.4, 0.5) is 0 Å². The minimum Gasteiger partial charge on any atom is -0.462 e. The van der Waals surface area contributed by atoms with Crippen LogP contribution in [0, 0.1) is 0 Å². The number of allylic oxidation sites excluding steroid dienone is 20. The van der Waals surface area contributed by atoms with Crippen molar-refractivity contribution in [3.05, 3.63) is 122 Å². The number of hydrogen-bond donors (Lipinski definition) is 0. The van der Waals surface area contributed by atoms with Crippen molar-refractivity contribution in [2.24, 2.45) is 0 Å². The summed E-state index contributed by atoms with van der Waals surface area (Å²) in [5.74, 6) is -0.967. The van der Waals surface area contributed by atoms with Crippen molar-refractivity contribution >= 4 is 17.9 Å². The van der Waals surface area contributed by atoms with E-state index in [1.54, 1.807) is 0 Å². The van der Waals surface area contributed by atoms with Gasteiger partial charge in [-0.15, -0.1) is 0 Å². The van der Waals surface area contributed by atoms with E-state index in [0.717, 1.165) is 154 Å². The summed E-state index contributed by atoms with van der Waals surface area (Å²) in [6.07, 6.45) is 74.7. The van der Waals surface area contributed by atoms with Crippen molar-refractivity contribution < 1.29 is 28.6 Å². The lowest BCUT2D eigenvalue weighted by Crippen LogP contribution is -2.30. The number of carbonyl (C=O) groups excluding carboxylic acids is 3.